The number of carbonyl (C=O) groups is 2. The van der Waals surface area contributed by atoms with E-state index in [1.165, 1.54) is 0 Å². The molecular formula is C13H16N2O3. The minimum Gasteiger partial charge on any atom is -0.481 e. The molecule has 0 fully saturated rings. The molecule has 0 saturated heterocycles. The molecule has 1 rings (SSSR count). The van der Waals surface area contributed by atoms with Crippen molar-refractivity contribution in [1.29, 1.82) is 0 Å². The van der Waals surface area contributed by atoms with Crippen LogP contribution in [-0.4, -0.2) is 23.0 Å². The number of hydrogen-bond acceptors (Lipinski definition) is 3. The van der Waals surface area contributed by atoms with Crippen molar-refractivity contribution in [2.75, 3.05) is 5.32 Å². The van der Waals surface area contributed by atoms with Crippen LogP contribution >= 0.6 is 0 Å². The molecule has 0 saturated carbocycles. The van der Waals surface area contributed by atoms with Crippen molar-refractivity contribution in [2.45, 2.75) is 18.9 Å². The molecular weight excluding hydrogens is 232 g/mol. The minimum absolute atomic E-state index is 0.0375. The van der Waals surface area contributed by atoms with Gasteiger partial charge in [-0.15, -0.1) is 6.58 Å². The van der Waals surface area contributed by atoms with Crippen LogP contribution in [-0.2, 0) is 16.0 Å². The van der Waals surface area contributed by atoms with Gasteiger partial charge in [-0.3, -0.25) is 9.59 Å². The van der Waals surface area contributed by atoms with E-state index in [4.69, 9.17) is 10.8 Å². The first-order valence-electron chi connectivity index (χ1n) is 5.51. The van der Waals surface area contributed by atoms with E-state index in [0.717, 1.165) is 0 Å². The highest BCUT2D eigenvalue weighted by atomic mass is 16.4. The zero-order valence-corrected chi connectivity index (χ0v) is 9.93. The first kappa shape index (κ1) is 13.9. The molecule has 0 bridgehead atoms. The molecule has 96 valence electrons. The summed E-state index contributed by atoms with van der Waals surface area (Å²) in [7, 11) is 0. The third-order valence-electron chi connectivity index (χ3n) is 2.33. The maximum absolute atomic E-state index is 11.6. The fourth-order valence-electron chi connectivity index (χ4n) is 1.40. The Kier molecular flexibility index (Phi) is 5.07. The molecule has 0 aromatic heterocycles. The molecule has 5 heteroatoms. The summed E-state index contributed by atoms with van der Waals surface area (Å²) in [4.78, 5) is 22.1. The summed E-state index contributed by atoms with van der Waals surface area (Å²) < 4.78 is 0. The molecule has 18 heavy (non-hydrogen) atoms. The number of benzene rings is 1. The van der Waals surface area contributed by atoms with Crippen LogP contribution in [0.2, 0.25) is 0 Å². The normalized spacial score (nSPS) is 11.6. The number of aliphatic carboxylic acids is 1. The van der Waals surface area contributed by atoms with Crippen LogP contribution in [0.5, 0.6) is 0 Å². The number of carboxylic acid groups (broad SMARTS) is 1. The predicted molar refractivity (Wildman–Crippen MR) is 69.2 cm³/mol. The summed E-state index contributed by atoms with van der Waals surface area (Å²) in [6.07, 6.45) is 1.95. The molecule has 1 aromatic carbocycles. The highest BCUT2D eigenvalue weighted by Gasteiger charge is 2.11. The SMILES string of the molecule is C=CCC(N)C(=O)Nc1ccc(CC(=O)O)cc1. The topological polar surface area (TPSA) is 92.4 Å². The van der Waals surface area contributed by atoms with Crippen LogP contribution in [0.15, 0.2) is 36.9 Å². The first-order chi connectivity index (χ1) is 8.52. The van der Waals surface area contributed by atoms with E-state index in [1.807, 2.05) is 0 Å². The van der Waals surface area contributed by atoms with Crippen LogP contribution in [0, 0.1) is 0 Å². The molecule has 1 amide bonds. The van der Waals surface area contributed by atoms with Gasteiger partial charge in [0.2, 0.25) is 5.91 Å². The smallest absolute Gasteiger partial charge is 0.307 e. The second-order valence-corrected chi connectivity index (χ2v) is 3.89. The first-order valence-corrected chi connectivity index (χ1v) is 5.51. The number of nitrogens with two attached hydrogens (primary N) is 1. The fourth-order valence-corrected chi connectivity index (χ4v) is 1.40. The maximum atomic E-state index is 11.6. The standard InChI is InChI=1S/C13H16N2O3/c1-2-3-11(14)13(18)15-10-6-4-9(5-7-10)8-12(16)17/h2,4-7,11H,1,3,8,14H2,(H,15,18)(H,16,17). The van der Waals surface area contributed by atoms with E-state index in [2.05, 4.69) is 11.9 Å². The third kappa shape index (κ3) is 4.39. The Bertz CT molecular complexity index is 440. The monoisotopic (exact) mass is 248 g/mol. The van der Waals surface area contributed by atoms with Gasteiger partial charge in [-0.25, -0.2) is 0 Å². The van der Waals surface area contributed by atoms with Gasteiger partial charge in [0.05, 0.1) is 12.5 Å². The van der Waals surface area contributed by atoms with E-state index in [1.54, 1.807) is 30.3 Å². The van der Waals surface area contributed by atoms with Crippen molar-refractivity contribution in [3.8, 4) is 0 Å². The number of nitrogens with one attached hydrogen (secondary N) is 1. The number of rotatable bonds is 6. The van der Waals surface area contributed by atoms with Gasteiger partial charge in [0.15, 0.2) is 0 Å². The summed E-state index contributed by atoms with van der Waals surface area (Å²) in [6, 6.07) is 5.99. The van der Waals surface area contributed by atoms with Crippen LogP contribution in [0.4, 0.5) is 5.69 Å². The van der Waals surface area contributed by atoms with Gasteiger partial charge in [-0.1, -0.05) is 18.2 Å². The lowest BCUT2D eigenvalue weighted by molar-refractivity contribution is -0.136. The Hall–Kier alpha value is -2.14. The van der Waals surface area contributed by atoms with Gasteiger partial charge in [-0.2, -0.15) is 0 Å². The molecule has 0 spiro atoms. The summed E-state index contributed by atoms with van der Waals surface area (Å²) in [5.74, 6) is -1.18. The number of carboxylic acids is 1. The summed E-state index contributed by atoms with van der Waals surface area (Å²) in [5, 5.41) is 11.3. The molecule has 5 nitrogen and oxygen atoms in total. The van der Waals surface area contributed by atoms with Crippen molar-refractivity contribution in [3.63, 3.8) is 0 Å². The van der Waals surface area contributed by atoms with Crippen molar-refractivity contribution in [2.24, 2.45) is 5.73 Å². The predicted octanol–water partition coefficient (Wildman–Crippen LogP) is 1.16. The van der Waals surface area contributed by atoms with Crippen LogP contribution < -0.4 is 11.1 Å². The zero-order valence-electron chi connectivity index (χ0n) is 9.93. The number of carbonyl (C=O) groups excluding carboxylic acids is 1. The van der Waals surface area contributed by atoms with Gasteiger partial charge in [0.1, 0.15) is 0 Å². The molecule has 0 heterocycles. The number of amides is 1. The van der Waals surface area contributed by atoms with Gasteiger partial charge in [-0.05, 0) is 24.1 Å². The molecule has 1 atom stereocenters. The molecule has 4 N–H and O–H groups in total. The van der Waals surface area contributed by atoms with E-state index in [0.29, 0.717) is 17.7 Å². The third-order valence-corrected chi connectivity index (χ3v) is 2.33. The van der Waals surface area contributed by atoms with E-state index >= 15 is 0 Å². The molecule has 1 aromatic rings. The summed E-state index contributed by atoms with van der Waals surface area (Å²) >= 11 is 0. The van der Waals surface area contributed by atoms with Crippen LogP contribution in [0.1, 0.15) is 12.0 Å². The van der Waals surface area contributed by atoms with Crippen LogP contribution in [0.25, 0.3) is 0 Å². The van der Waals surface area contributed by atoms with Crippen molar-refractivity contribution < 1.29 is 14.7 Å². The Morgan fingerprint density at radius 2 is 2.00 bits per heavy atom. The molecule has 0 radical (unpaired) electrons. The number of hydrogen-bond donors (Lipinski definition) is 3. The summed E-state index contributed by atoms with van der Waals surface area (Å²) in [6.45, 7) is 3.51. The quantitative estimate of drug-likeness (QED) is 0.658. The zero-order chi connectivity index (χ0) is 13.5. The molecule has 0 aliphatic rings. The van der Waals surface area contributed by atoms with Gasteiger partial charge in [0.25, 0.3) is 0 Å². The lowest BCUT2D eigenvalue weighted by atomic mass is 10.1. The van der Waals surface area contributed by atoms with E-state index in [9.17, 15) is 9.59 Å². The largest absolute Gasteiger partial charge is 0.481 e. The molecule has 0 aliphatic carbocycles. The van der Waals surface area contributed by atoms with Crippen molar-refractivity contribution in [1.82, 2.24) is 0 Å². The van der Waals surface area contributed by atoms with Gasteiger partial charge < -0.3 is 16.2 Å². The molecule has 0 aliphatic heterocycles. The van der Waals surface area contributed by atoms with Crippen molar-refractivity contribution in [3.05, 3.63) is 42.5 Å². The fraction of sp³-hybridized carbons (Fsp3) is 0.231. The van der Waals surface area contributed by atoms with Gasteiger partial charge in [0, 0.05) is 5.69 Å². The molecule has 1 unspecified atom stereocenters. The van der Waals surface area contributed by atoms with Crippen molar-refractivity contribution >= 4 is 17.6 Å². The lowest BCUT2D eigenvalue weighted by Crippen LogP contribution is -2.35. The lowest BCUT2D eigenvalue weighted by Gasteiger charge is -2.10. The second kappa shape index (κ2) is 6.56. The maximum Gasteiger partial charge on any atom is 0.307 e. The Morgan fingerprint density at radius 3 is 2.50 bits per heavy atom. The van der Waals surface area contributed by atoms with E-state index in [-0.39, 0.29) is 12.3 Å². The highest BCUT2D eigenvalue weighted by molar-refractivity contribution is 5.94. The average molecular weight is 248 g/mol. The highest BCUT2D eigenvalue weighted by Crippen LogP contribution is 2.10. The second-order valence-electron chi connectivity index (χ2n) is 3.89. The number of anilines is 1. The van der Waals surface area contributed by atoms with Crippen LogP contribution in [0.3, 0.4) is 0 Å². The summed E-state index contributed by atoms with van der Waals surface area (Å²) in [5.41, 5.74) is 6.88. The Balaban J connectivity index is 2.60. The Labute approximate surface area is 105 Å². The Morgan fingerprint density at radius 1 is 1.39 bits per heavy atom. The minimum atomic E-state index is -0.889. The van der Waals surface area contributed by atoms with E-state index < -0.39 is 12.0 Å². The van der Waals surface area contributed by atoms with Gasteiger partial charge >= 0.3 is 5.97 Å². The average Bonchev–Trinajstić information content (AvgIpc) is 2.31.